The number of carboxylic acid groups (broad SMARTS) is 1. The molecule has 0 radical (unpaired) electrons. The Morgan fingerprint density at radius 2 is 1.62 bits per heavy atom. The summed E-state index contributed by atoms with van der Waals surface area (Å²) in [7, 11) is 1.30. The van der Waals surface area contributed by atoms with E-state index in [-0.39, 0.29) is 94.0 Å². The zero-order valence-corrected chi connectivity index (χ0v) is 37.4. The molecule has 4 bridgehead atoms. The number of anilines is 1. The van der Waals surface area contributed by atoms with Gasteiger partial charge in [-0.3, -0.25) is 19.2 Å². The Hall–Kier alpha value is -6.86. The van der Waals surface area contributed by atoms with Gasteiger partial charge in [-0.05, 0) is 105 Å². The number of hydrogen-bond donors (Lipinski definition) is 8. The van der Waals surface area contributed by atoms with Gasteiger partial charge in [-0.2, -0.15) is 0 Å². The van der Waals surface area contributed by atoms with Gasteiger partial charge in [-0.15, -0.1) is 0 Å². The maximum atomic E-state index is 15.4. The Bertz CT molecular complexity index is 2420. The number of aliphatic carboxylic acids is 1. The Morgan fingerprint density at radius 1 is 0.938 bits per heavy atom. The highest BCUT2D eigenvalue weighted by Gasteiger charge is 2.35. The fourth-order valence-electron chi connectivity index (χ4n) is 7.15. The summed E-state index contributed by atoms with van der Waals surface area (Å²) in [5, 5.41) is 29.4. The number of rotatable bonds is 16. The fourth-order valence-corrected chi connectivity index (χ4v) is 7.15. The maximum absolute atomic E-state index is 15.4. The van der Waals surface area contributed by atoms with Crippen LogP contribution >= 0.6 is 0 Å². The molecule has 5 rings (SSSR count). The van der Waals surface area contributed by atoms with Gasteiger partial charge in [0, 0.05) is 24.6 Å². The standard InChI is InChI=1S/C46H58FN9O9/c1-7-46(4,5)28-11-12-29(32(47)22-28)41-52-24(2)37(40(50)55-41)43(60)51-23-36(57)56(6)38-27-20-31(39(58)35(21-27)65-17-9-15-49)30-18-26(10-13-34(30)64-16-8-14-48)19-33(45(62)63)54-42(59)25(3)53-44(38)61/h10-13,18,20-22,25,33,38,58H,7-9,14-17,19,23,48-49H2,1-6H3,(H,51,60)(H,53,61)(H,54,59)(H,62,63)(H2,50,52,55)/t25-,33-,38-/m0/s1. The number of ether oxygens (including phenoxy) is 2. The molecule has 1 aliphatic rings. The molecule has 19 heteroatoms. The minimum Gasteiger partial charge on any atom is -0.504 e. The first-order valence-corrected chi connectivity index (χ1v) is 21.3. The van der Waals surface area contributed by atoms with Crippen LogP contribution in [0, 0.1) is 12.7 Å². The molecule has 2 heterocycles. The number of halogens is 1. The van der Waals surface area contributed by atoms with E-state index in [4.69, 9.17) is 26.7 Å². The quantitative estimate of drug-likeness (QED) is 0.0750. The number of phenolic OH excluding ortho intramolecular Hbond substituents is 1. The number of carbonyl (C=O) groups excluding carboxylic acids is 4. The minimum absolute atomic E-state index is 0.0347. The third-order valence-corrected chi connectivity index (χ3v) is 11.4. The summed E-state index contributed by atoms with van der Waals surface area (Å²) in [5.41, 5.74) is 19.2. The summed E-state index contributed by atoms with van der Waals surface area (Å²) < 4.78 is 27.4. The Morgan fingerprint density at radius 3 is 2.23 bits per heavy atom. The number of nitrogens with one attached hydrogen (secondary N) is 3. The molecular weight excluding hydrogens is 842 g/mol. The molecule has 1 aliphatic heterocycles. The smallest absolute Gasteiger partial charge is 0.326 e. The molecule has 4 aromatic rings. The molecular formula is C46H58FN9O9. The SMILES string of the molecule is CCC(C)(C)c1ccc(-c2nc(C)c(C(=O)NCC(=O)N(C)[C@@H]3C(=O)N[C@@H](C)C(=O)N[C@H](C(=O)O)Cc4ccc(OCCCN)c(c4)-c4cc3cc(OCCCN)c4O)c(N)n2)c(F)c1. The van der Waals surface area contributed by atoms with Crippen LogP contribution in [0.4, 0.5) is 10.2 Å². The molecule has 65 heavy (non-hydrogen) atoms. The summed E-state index contributed by atoms with van der Waals surface area (Å²) in [6, 6.07) is 8.16. The predicted molar refractivity (Wildman–Crippen MR) is 240 cm³/mol. The molecule has 11 N–H and O–H groups in total. The molecule has 348 valence electrons. The highest BCUT2D eigenvalue weighted by molar-refractivity contribution is 6.02. The number of nitrogens with two attached hydrogens (primary N) is 3. The fraction of sp³-hybridized carbons (Fsp3) is 0.413. The third kappa shape index (κ3) is 11.5. The lowest BCUT2D eigenvalue weighted by Gasteiger charge is -2.30. The van der Waals surface area contributed by atoms with Crippen LogP contribution in [0.2, 0.25) is 0 Å². The number of nitrogens with zero attached hydrogens (tertiary/aromatic N) is 3. The van der Waals surface area contributed by atoms with E-state index in [1.54, 1.807) is 30.3 Å². The maximum Gasteiger partial charge on any atom is 0.326 e. The number of hydrogen-bond acceptors (Lipinski definition) is 13. The van der Waals surface area contributed by atoms with E-state index in [9.17, 15) is 34.2 Å². The summed E-state index contributed by atoms with van der Waals surface area (Å²) in [6.07, 6.45) is 1.49. The van der Waals surface area contributed by atoms with Crippen molar-refractivity contribution in [2.45, 2.75) is 83.8 Å². The monoisotopic (exact) mass is 899 g/mol. The first kappa shape index (κ1) is 49.2. The van der Waals surface area contributed by atoms with Gasteiger partial charge in [0.1, 0.15) is 41.1 Å². The molecule has 0 spiro atoms. The number of carboxylic acids is 1. The predicted octanol–water partition coefficient (Wildman–Crippen LogP) is 3.25. The Balaban J connectivity index is 1.53. The van der Waals surface area contributed by atoms with Gasteiger partial charge in [0.2, 0.25) is 17.7 Å². The van der Waals surface area contributed by atoms with Crippen molar-refractivity contribution in [1.82, 2.24) is 30.8 Å². The van der Waals surface area contributed by atoms with Gasteiger partial charge < -0.3 is 57.7 Å². The number of aryl methyl sites for hydroxylation is 1. The van der Waals surface area contributed by atoms with Gasteiger partial charge in [-0.1, -0.05) is 32.9 Å². The first-order valence-electron chi connectivity index (χ1n) is 21.3. The molecule has 1 aromatic heterocycles. The molecule has 3 atom stereocenters. The van der Waals surface area contributed by atoms with Crippen LogP contribution in [-0.2, 0) is 31.0 Å². The van der Waals surface area contributed by atoms with E-state index in [0.717, 1.165) is 16.9 Å². The van der Waals surface area contributed by atoms with Crippen molar-refractivity contribution >= 4 is 35.4 Å². The van der Waals surface area contributed by atoms with Crippen LogP contribution < -0.4 is 42.6 Å². The summed E-state index contributed by atoms with van der Waals surface area (Å²) >= 11 is 0. The van der Waals surface area contributed by atoms with Crippen LogP contribution in [0.1, 0.15) is 85.7 Å². The number of likely N-dealkylation sites (N-methyl/N-ethyl adjacent to an activating group) is 1. The van der Waals surface area contributed by atoms with Gasteiger partial charge in [0.15, 0.2) is 17.3 Å². The topological polar surface area (TPSA) is 287 Å². The van der Waals surface area contributed by atoms with Crippen molar-refractivity contribution in [1.29, 1.82) is 0 Å². The zero-order chi connectivity index (χ0) is 47.7. The second kappa shape index (κ2) is 21.2. The summed E-state index contributed by atoms with van der Waals surface area (Å²) in [5.74, 6) is -5.66. The first-order chi connectivity index (χ1) is 30.8. The average Bonchev–Trinajstić information content (AvgIpc) is 3.25. The average molecular weight is 900 g/mol. The van der Waals surface area contributed by atoms with Crippen molar-refractivity contribution < 1.29 is 48.0 Å². The number of carbonyl (C=O) groups is 5. The lowest BCUT2D eigenvalue weighted by atomic mass is 9.82. The second-order valence-electron chi connectivity index (χ2n) is 16.5. The summed E-state index contributed by atoms with van der Waals surface area (Å²) in [6.45, 7) is 9.02. The van der Waals surface area contributed by atoms with Crippen LogP contribution in [0.15, 0.2) is 48.5 Å². The molecule has 0 saturated carbocycles. The van der Waals surface area contributed by atoms with Gasteiger partial charge in [-0.25, -0.2) is 19.2 Å². The highest BCUT2D eigenvalue weighted by atomic mass is 19.1. The number of nitrogen functional groups attached to an aromatic ring is 1. The van der Waals surface area contributed by atoms with Crippen molar-refractivity contribution in [3.63, 3.8) is 0 Å². The minimum atomic E-state index is -1.55. The van der Waals surface area contributed by atoms with E-state index < -0.39 is 60.1 Å². The number of phenols is 1. The van der Waals surface area contributed by atoms with E-state index in [0.29, 0.717) is 24.9 Å². The summed E-state index contributed by atoms with van der Waals surface area (Å²) in [4.78, 5) is 77.5. The van der Waals surface area contributed by atoms with Crippen molar-refractivity contribution in [3.05, 3.63) is 82.3 Å². The molecule has 0 fully saturated rings. The number of aromatic hydroxyl groups is 1. The largest absolute Gasteiger partial charge is 0.504 e. The Kier molecular flexibility index (Phi) is 16.0. The second-order valence-corrected chi connectivity index (χ2v) is 16.5. The zero-order valence-electron chi connectivity index (χ0n) is 37.4. The Labute approximate surface area is 376 Å². The van der Waals surface area contributed by atoms with Gasteiger partial charge in [0.05, 0.1) is 31.0 Å². The molecule has 18 nitrogen and oxygen atoms in total. The third-order valence-electron chi connectivity index (χ3n) is 11.4. The highest BCUT2D eigenvalue weighted by Crippen LogP contribution is 2.45. The molecule has 0 aliphatic carbocycles. The normalized spacial score (nSPS) is 16.4. The van der Waals surface area contributed by atoms with Gasteiger partial charge >= 0.3 is 5.97 Å². The van der Waals surface area contributed by atoms with Crippen LogP contribution in [0.5, 0.6) is 17.2 Å². The van der Waals surface area contributed by atoms with Crippen molar-refractivity contribution in [3.8, 4) is 39.8 Å². The number of benzene rings is 3. The van der Waals surface area contributed by atoms with Crippen molar-refractivity contribution in [2.24, 2.45) is 11.5 Å². The number of fused-ring (bicyclic) bond motifs is 5. The van der Waals surface area contributed by atoms with Gasteiger partial charge in [0.25, 0.3) is 5.91 Å². The van der Waals surface area contributed by atoms with E-state index in [2.05, 4.69) is 25.9 Å². The molecule has 0 unspecified atom stereocenters. The lowest BCUT2D eigenvalue weighted by molar-refractivity contribution is -0.142. The van der Waals surface area contributed by atoms with Crippen molar-refractivity contribution in [2.75, 3.05) is 45.6 Å². The van der Waals surface area contributed by atoms with Crippen LogP contribution in [0.25, 0.3) is 22.5 Å². The van der Waals surface area contributed by atoms with E-state index >= 15 is 4.39 Å². The number of aromatic nitrogens is 2. The number of amides is 4. The van der Waals surface area contributed by atoms with Crippen LogP contribution in [0.3, 0.4) is 0 Å². The van der Waals surface area contributed by atoms with Crippen LogP contribution in [-0.4, -0.2) is 107 Å². The molecule has 3 aromatic carbocycles. The van der Waals surface area contributed by atoms with E-state index in [1.807, 2.05) is 20.8 Å². The molecule has 4 amide bonds. The van der Waals surface area contributed by atoms with E-state index in [1.165, 1.54) is 39.1 Å². The molecule has 0 saturated heterocycles. The lowest BCUT2D eigenvalue weighted by Crippen LogP contribution is -2.53.